The highest BCUT2D eigenvalue weighted by Crippen LogP contribution is 2.47. The van der Waals surface area contributed by atoms with E-state index in [1.54, 1.807) is 12.2 Å². The zero-order valence-corrected chi connectivity index (χ0v) is 40.1. The lowest BCUT2D eigenvalue weighted by molar-refractivity contribution is -0.220. The van der Waals surface area contributed by atoms with Crippen molar-refractivity contribution < 1.29 is 68.2 Å². The fourth-order valence-corrected chi connectivity index (χ4v) is 8.25. The van der Waals surface area contributed by atoms with Gasteiger partial charge in [0.15, 0.2) is 6.10 Å². The van der Waals surface area contributed by atoms with Gasteiger partial charge in [-0.1, -0.05) is 178 Å². The predicted molar refractivity (Wildman–Crippen MR) is 250 cm³/mol. The van der Waals surface area contributed by atoms with Gasteiger partial charge in [-0.15, -0.1) is 0 Å². The van der Waals surface area contributed by atoms with Crippen LogP contribution < -0.4 is 0 Å². The molecule has 0 bridgehead atoms. The zero-order chi connectivity index (χ0) is 47.3. The highest BCUT2D eigenvalue weighted by molar-refractivity contribution is 7.47. The van der Waals surface area contributed by atoms with E-state index in [4.69, 9.17) is 18.5 Å². The average molecular weight is 931 g/mol. The van der Waals surface area contributed by atoms with Crippen molar-refractivity contribution in [1.82, 2.24) is 0 Å². The Bertz CT molecular complexity index is 1320. The Morgan fingerprint density at radius 1 is 0.562 bits per heavy atom. The van der Waals surface area contributed by atoms with E-state index in [0.29, 0.717) is 12.8 Å². The van der Waals surface area contributed by atoms with Crippen LogP contribution in [0, 0.1) is 0 Å². The van der Waals surface area contributed by atoms with Crippen LogP contribution in [0.5, 0.6) is 0 Å². The molecule has 1 rings (SSSR count). The van der Waals surface area contributed by atoms with Crippen LogP contribution in [-0.2, 0) is 32.7 Å². The third kappa shape index (κ3) is 30.9. The molecular weight excluding hydrogens is 843 g/mol. The van der Waals surface area contributed by atoms with Gasteiger partial charge in [0, 0.05) is 12.8 Å². The summed E-state index contributed by atoms with van der Waals surface area (Å²) in [5.41, 5.74) is 0. The Hall–Kier alpha value is -2.23. The number of hydrogen-bond acceptors (Lipinski definition) is 13. The molecule has 1 aliphatic carbocycles. The number of rotatable bonds is 40. The number of carbonyl (C=O) groups is 2. The highest BCUT2D eigenvalue weighted by Gasteiger charge is 2.51. The minimum atomic E-state index is -5.16. The maximum Gasteiger partial charge on any atom is 0.472 e. The van der Waals surface area contributed by atoms with Gasteiger partial charge in [0.25, 0.3) is 0 Å². The molecule has 0 heterocycles. The fraction of sp³-hybridized carbons (Fsp3) is 0.796. The van der Waals surface area contributed by atoms with Crippen molar-refractivity contribution in [2.75, 3.05) is 13.2 Å². The topological polar surface area (TPSA) is 230 Å². The Labute approximate surface area is 384 Å². The maximum atomic E-state index is 12.8. The number of unbranched alkanes of at least 4 members (excludes halogenated alkanes) is 19. The molecule has 14 nitrogen and oxygen atoms in total. The molecule has 15 heteroatoms. The van der Waals surface area contributed by atoms with E-state index >= 15 is 0 Å². The van der Waals surface area contributed by atoms with E-state index in [2.05, 4.69) is 38.2 Å². The van der Waals surface area contributed by atoms with Gasteiger partial charge < -0.3 is 45.0 Å². The molecule has 0 aromatic rings. The second-order valence-electron chi connectivity index (χ2n) is 17.2. The summed E-state index contributed by atoms with van der Waals surface area (Å²) < 4.78 is 33.4. The first kappa shape index (κ1) is 59.8. The van der Waals surface area contributed by atoms with Crippen molar-refractivity contribution in [1.29, 1.82) is 0 Å². The first-order valence-electron chi connectivity index (χ1n) is 24.5. The van der Waals surface area contributed by atoms with Crippen molar-refractivity contribution in [3.05, 3.63) is 48.6 Å². The van der Waals surface area contributed by atoms with Gasteiger partial charge in [-0.25, -0.2) is 4.57 Å². The largest absolute Gasteiger partial charge is 0.472 e. The van der Waals surface area contributed by atoms with Crippen molar-refractivity contribution in [3.63, 3.8) is 0 Å². The Morgan fingerprint density at radius 3 is 1.59 bits per heavy atom. The second kappa shape index (κ2) is 38.8. The van der Waals surface area contributed by atoms with Crippen LogP contribution in [0.1, 0.15) is 187 Å². The summed E-state index contributed by atoms with van der Waals surface area (Å²) >= 11 is 0. The van der Waals surface area contributed by atoms with E-state index in [1.807, 2.05) is 12.2 Å². The molecule has 1 aliphatic rings. The fourth-order valence-electron chi connectivity index (χ4n) is 7.27. The van der Waals surface area contributed by atoms with Crippen LogP contribution >= 0.6 is 7.82 Å². The highest BCUT2D eigenvalue weighted by atomic mass is 31.2. The van der Waals surface area contributed by atoms with E-state index < -0.39 is 81.8 Å². The van der Waals surface area contributed by atoms with Crippen molar-refractivity contribution in [2.45, 2.75) is 236 Å². The number of ether oxygens (including phenoxy) is 2. The summed E-state index contributed by atoms with van der Waals surface area (Å²) in [5, 5.41) is 60.5. The number of hydrogen-bond donors (Lipinski definition) is 7. The SMILES string of the molecule is CCCCC/C=C\C/C=C\C/C=C\C=C\[C@@H](O)CCCC(=O)OC[C@H](COP(=O)(O)OC1[C@H](O)[C@H](O)C(O)[C@H](O)[C@H]1O)OC(=O)CCCCCCCCCCCCCCCCCCC. The normalized spacial score (nSPS) is 22.5. The molecule has 7 N–H and O–H groups in total. The van der Waals surface area contributed by atoms with Gasteiger partial charge >= 0.3 is 19.8 Å². The lowest BCUT2D eigenvalue weighted by atomic mass is 9.85. The van der Waals surface area contributed by atoms with Crippen LogP contribution in [0.3, 0.4) is 0 Å². The summed E-state index contributed by atoms with van der Waals surface area (Å²) in [4.78, 5) is 35.8. The molecule has 1 fully saturated rings. The monoisotopic (exact) mass is 931 g/mol. The van der Waals surface area contributed by atoms with Crippen LogP contribution in [0.4, 0.5) is 0 Å². The predicted octanol–water partition coefficient (Wildman–Crippen LogP) is 8.92. The second-order valence-corrected chi connectivity index (χ2v) is 18.6. The molecule has 372 valence electrons. The molecule has 0 aromatic carbocycles. The van der Waals surface area contributed by atoms with Crippen LogP contribution in [0.25, 0.3) is 0 Å². The van der Waals surface area contributed by atoms with E-state index in [1.165, 1.54) is 96.3 Å². The number of allylic oxidation sites excluding steroid dienone is 7. The Morgan fingerprint density at radius 2 is 1.03 bits per heavy atom. The maximum absolute atomic E-state index is 12.8. The molecule has 0 aliphatic heterocycles. The quantitative estimate of drug-likeness (QED) is 0.0100. The molecule has 1 saturated carbocycles. The third-order valence-electron chi connectivity index (χ3n) is 11.3. The third-order valence-corrected chi connectivity index (χ3v) is 12.3. The summed E-state index contributed by atoms with van der Waals surface area (Å²) in [7, 11) is -5.16. The molecule has 0 amide bonds. The summed E-state index contributed by atoms with van der Waals surface area (Å²) in [6.45, 7) is 3.12. The Kier molecular flexibility index (Phi) is 36.3. The summed E-state index contributed by atoms with van der Waals surface area (Å²) in [6, 6.07) is 0. The van der Waals surface area contributed by atoms with Gasteiger partial charge in [0.1, 0.15) is 43.2 Å². The Balaban J connectivity index is 2.51. The first-order chi connectivity index (χ1) is 30.8. The van der Waals surface area contributed by atoms with Gasteiger partial charge in [-0.3, -0.25) is 18.6 Å². The van der Waals surface area contributed by atoms with Crippen LogP contribution in [-0.4, -0.2) is 110 Å². The number of esters is 2. The lowest BCUT2D eigenvalue weighted by Crippen LogP contribution is -2.64. The molecule has 0 saturated heterocycles. The van der Waals surface area contributed by atoms with Crippen LogP contribution in [0.15, 0.2) is 48.6 Å². The van der Waals surface area contributed by atoms with E-state index in [-0.39, 0.29) is 19.3 Å². The lowest BCUT2D eigenvalue weighted by Gasteiger charge is -2.41. The van der Waals surface area contributed by atoms with E-state index in [9.17, 15) is 49.7 Å². The van der Waals surface area contributed by atoms with E-state index in [0.717, 1.165) is 44.9 Å². The van der Waals surface area contributed by atoms with Gasteiger partial charge in [0.2, 0.25) is 0 Å². The number of carbonyl (C=O) groups excluding carboxylic acids is 2. The van der Waals surface area contributed by atoms with Crippen molar-refractivity contribution in [2.24, 2.45) is 0 Å². The number of aliphatic hydroxyl groups is 6. The van der Waals surface area contributed by atoms with Crippen molar-refractivity contribution >= 4 is 19.8 Å². The molecule has 0 radical (unpaired) electrons. The smallest absolute Gasteiger partial charge is 0.462 e. The number of phosphoric acid groups is 1. The molecule has 0 spiro atoms. The van der Waals surface area contributed by atoms with Gasteiger partial charge in [-0.05, 0) is 44.9 Å². The van der Waals surface area contributed by atoms with Gasteiger partial charge in [0.05, 0.1) is 12.7 Å². The average Bonchev–Trinajstić information content (AvgIpc) is 3.27. The molecule has 9 atom stereocenters. The molecule has 0 aromatic heterocycles. The molecule has 3 unspecified atom stereocenters. The zero-order valence-electron chi connectivity index (χ0n) is 39.2. The molecule has 64 heavy (non-hydrogen) atoms. The summed E-state index contributed by atoms with van der Waals surface area (Å²) in [6.07, 6.45) is 28.9. The van der Waals surface area contributed by atoms with Gasteiger partial charge in [-0.2, -0.15) is 0 Å². The summed E-state index contributed by atoms with van der Waals surface area (Å²) in [5.74, 6) is -1.30. The minimum absolute atomic E-state index is 0.0586. The number of phosphoric ester groups is 1. The number of aliphatic hydroxyl groups excluding tert-OH is 6. The van der Waals surface area contributed by atoms with Crippen molar-refractivity contribution in [3.8, 4) is 0 Å². The standard InChI is InChI=1S/C49H87O14P/c1-3-5-7-9-11-13-15-17-18-19-20-22-24-26-28-30-32-36-43(52)62-41(39-61-64(58,59)63-49-47(56)45(54)44(53)46(55)48(49)57)38-60-42(51)37-33-35-40(50)34-31-29-27-25-23-21-16-14-12-10-8-6-4-2/h12,14,21,23,27,29,31,34,40-41,44-50,53-57H,3-11,13,15-20,22,24-26,28,30,32-33,35-39H2,1-2H3,(H,58,59)/b14-12-,23-21-,29-27-,34-31+/t40-,41-,44?,45-,46+,47-,48-,49?/m1/s1. The van der Waals surface area contributed by atoms with Crippen LogP contribution in [0.2, 0.25) is 0 Å². The molecular formula is C49H87O14P. The first-order valence-corrected chi connectivity index (χ1v) is 26.0. The minimum Gasteiger partial charge on any atom is -0.462 e.